The molecule has 0 bridgehead atoms. The third kappa shape index (κ3) is 2.46. The van der Waals surface area contributed by atoms with E-state index in [9.17, 15) is 4.79 Å². The van der Waals surface area contributed by atoms with E-state index in [0.717, 1.165) is 21.3 Å². The lowest BCUT2D eigenvalue weighted by Crippen LogP contribution is -2.40. The number of carbonyl (C=O) groups excluding carboxylic acids is 1. The molecule has 7 heteroatoms. The highest BCUT2D eigenvalue weighted by molar-refractivity contribution is 7.15. The van der Waals surface area contributed by atoms with Crippen molar-refractivity contribution in [2.75, 3.05) is 26.3 Å². The van der Waals surface area contributed by atoms with Gasteiger partial charge in [-0.05, 0) is 19.9 Å². The Kier molecular flexibility index (Phi) is 3.54. The molecule has 1 aliphatic rings. The molecule has 1 fully saturated rings. The van der Waals surface area contributed by atoms with Gasteiger partial charge in [0, 0.05) is 13.1 Å². The Morgan fingerprint density at radius 1 is 1.40 bits per heavy atom. The van der Waals surface area contributed by atoms with Gasteiger partial charge in [0.1, 0.15) is 0 Å². The summed E-state index contributed by atoms with van der Waals surface area (Å²) in [5.41, 5.74) is 2.26. The van der Waals surface area contributed by atoms with E-state index in [1.54, 1.807) is 22.3 Å². The number of morpholine rings is 1. The molecule has 3 rings (SSSR count). The first-order valence-corrected chi connectivity index (χ1v) is 7.33. The first-order chi connectivity index (χ1) is 9.65. The van der Waals surface area contributed by atoms with Crippen molar-refractivity contribution >= 4 is 17.2 Å². The molecule has 1 N–H and O–H groups in total. The van der Waals surface area contributed by atoms with Crippen LogP contribution in [0.2, 0.25) is 0 Å². The smallest absolute Gasteiger partial charge is 0.274 e. The maximum Gasteiger partial charge on any atom is 0.274 e. The zero-order valence-electron chi connectivity index (χ0n) is 11.5. The minimum absolute atomic E-state index is 0.0466. The normalized spacial score (nSPS) is 15.6. The van der Waals surface area contributed by atoms with Crippen LogP contribution in [0, 0.1) is 13.8 Å². The Balaban J connectivity index is 1.83. The minimum atomic E-state index is -0.0466. The molecule has 0 aromatic carbocycles. The largest absolute Gasteiger partial charge is 0.378 e. The predicted octanol–water partition coefficient (Wildman–Crippen LogP) is 1.62. The number of ether oxygens (including phenoxy) is 1. The summed E-state index contributed by atoms with van der Waals surface area (Å²) in [6, 6.07) is 1.80. The van der Waals surface area contributed by atoms with Crippen LogP contribution in [0.3, 0.4) is 0 Å². The number of nitrogens with zero attached hydrogens (tertiary/aromatic N) is 3. The first kappa shape index (κ1) is 13.3. The second kappa shape index (κ2) is 5.34. The highest BCUT2D eigenvalue weighted by Gasteiger charge is 2.21. The van der Waals surface area contributed by atoms with E-state index >= 15 is 0 Å². The van der Waals surface area contributed by atoms with E-state index in [-0.39, 0.29) is 5.91 Å². The molecule has 0 spiro atoms. The fourth-order valence-electron chi connectivity index (χ4n) is 2.26. The molecule has 20 heavy (non-hydrogen) atoms. The molecule has 2 aromatic rings. The fourth-order valence-corrected chi connectivity index (χ4v) is 3.14. The number of amides is 1. The van der Waals surface area contributed by atoms with E-state index in [1.165, 1.54) is 0 Å². The molecule has 3 heterocycles. The summed E-state index contributed by atoms with van der Waals surface area (Å²) in [4.78, 5) is 19.5. The highest BCUT2D eigenvalue weighted by Crippen LogP contribution is 2.28. The Hall–Kier alpha value is -1.73. The number of hydrogen-bond donors (Lipinski definition) is 1. The van der Waals surface area contributed by atoms with E-state index in [2.05, 4.69) is 15.2 Å². The number of aryl methyl sites for hydroxylation is 2. The Morgan fingerprint density at radius 3 is 2.80 bits per heavy atom. The molecule has 0 saturated carbocycles. The van der Waals surface area contributed by atoms with Gasteiger partial charge < -0.3 is 9.64 Å². The summed E-state index contributed by atoms with van der Waals surface area (Å²) in [6.07, 6.45) is 0. The molecule has 0 radical (unpaired) electrons. The molecule has 1 amide bonds. The lowest BCUT2D eigenvalue weighted by atomic mass is 10.2. The van der Waals surface area contributed by atoms with Crippen molar-refractivity contribution in [2.45, 2.75) is 13.8 Å². The van der Waals surface area contributed by atoms with E-state index in [4.69, 9.17) is 4.74 Å². The number of H-pyrrole nitrogens is 1. The number of rotatable bonds is 2. The number of nitrogens with one attached hydrogen (secondary N) is 1. The lowest BCUT2D eigenvalue weighted by molar-refractivity contribution is 0.0299. The maximum absolute atomic E-state index is 12.3. The first-order valence-electron chi connectivity index (χ1n) is 6.52. The quantitative estimate of drug-likeness (QED) is 0.913. The van der Waals surface area contributed by atoms with Crippen LogP contribution in [0.25, 0.3) is 10.6 Å². The lowest BCUT2D eigenvalue weighted by Gasteiger charge is -2.25. The van der Waals surface area contributed by atoms with Crippen molar-refractivity contribution in [3.8, 4) is 10.6 Å². The van der Waals surface area contributed by atoms with Gasteiger partial charge in [-0.1, -0.05) is 0 Å². The topological polar surface area (TPSA) is 71.1 Å². The van der Waals surface area contributed by atoms with Crippen molar-refractivity contribution in [3.63, 3.8) is 0 Å². The Morgan fingerprint density at radius 2 is 2.15 bits per heavy atom. The molecule has 1 saturated heterocycles. The maximum atomic E-state index is 12.3. The summed E-state index contributed by atoms with van der Waals surface area (Å²) >= 11 is 1.60. The Bertz CT molecular complexity index is 628. The number of thiazole rings is 1. The average molecular weight is 292 g/mol. The van der Waals surface area contributed by atoms with Crippen molar-refractivity contribution < 1.29 is 9.53 Å². The minimum Gasteiger partial charge on any atom is -0.378 e. The van der Waals surface area contributed by atoms with Gasteiger partial charge in [-0.15, -0.1) is 11.3 Å². The summed E-state index contributed by atoms with van der Waals surface area (Å²) in [5.74, 6) is -0.0466. The fraction of sp³-hybridized carbons (Fsp3) is 0.462. The molecule has 2 aromatic heterocycles. The summed E-state index contributed by atoms with van der Waals surface area (Å²) in [5, 5.41) is 8.09. The second-order valence-corrected chi connectivity index (χ2v) is 5.92. The third-order valence-electron chi connectivity index (χ3n) is 3.24. The summed E-state index contributed by atoms with van der Waals surface area (Å²) < 4.78 is 5.25. The molecule has 106 valence electrons. The number of aromatic nitrogens is 3. The second-order valence-electron chi connectivity index (χ2n) is 4.72. The molecule has 6 nitrogen and oxygen atoms in total. The zero-order valence-corrected chi connectivity index (χ0v) is 12.3. The van der Waals surface area contributed by atoms with Crippen LogP contribution < -0.4 is 0 Å². The molecule has 0 unspecified atom stereocenters. The van der Waals surface area contributed by atoms with Crippen molar-refractivity contribution in [1.82, 2.24) is 20.1 Å². The number of carbonyl (C=O) groups is 1. The zero-order chi connectivity index (χ0) is 14.1. The van der Waals surface area contributed by atoms with Crippen molar-refractivity contribution in [3.05, 3.63) is 22.5 Å². The van der Waals surface area contributed by atoms with Gasteiger partial charge in [0.05, 0.1) is 34.5 Å². The Labute approximate surface area is 120 Å². The van der Waals surface area contributed by atoms with Crippen LogP contribution in [0.4, 0.5) is 0 Å². The molecule has 0 aliphatic carbocycles. The van der Waals surface area contributed by atoms with Gasteiger partial charge in [-0.2, -0.15) is 5.10 Å². The van der Waals surface area contributed by atoms with Gasteiger partial charge in [-0.3, -0.25) is 9.89 Å². The number of hydrogen-bond acceptors (Lipinski definition) is 5. The standard InChI is InChI=1S/C13H16N4O2S/c1-8-12(20-9(2)14-8)10-7-11(16-15-10)13(18)17-3-5-19-6-4-17/h7H,3-6H2,1-2H3,(H,15,16). The molecular formula is C13H16N4O2S. The molecular weight excluding hydrogens is 276 g/mol. The van der Waals surface area contributed by atoms with Crippen LogP contribution in [0.5, 0.6) is 0 Å². The van der Waals surface area contributed by atoms with Crippen LogP contribution >= 0.6 is 11.3 Å². The highest BCUT2D eigenvalue weighted by atomic mass is 32.1. The third-order valence-corrected chi connectivity index (χ3v) is 4.35. The van der Waals surface area contributed by atoms with Gasteiger partial charge in [0.2, 0.25) is 0 Å². The number of aromatic amines is 1. The van der Waals surface area contributed by atoms with Crippen LogP contribution in [0.1, 0.15) is 21.2 Å². The monoisotopic (exact) mass is 292 g/mol. The van der Waals surface area contributed by atoms with Crippen molar-refractivity contribution in [1.29, 1.82) is 0 Å². The van der Waals surface area contributed by atoms with Crippen LogP contribution in [-0.2, 0) is 4.74 Å². The average Bonchev–Trinajstić information content (AvgIpc) is 3.05. The SMILES string of the molecule is Cc1nc(C)c(-c2cc(C(=O)N3CCOCC3)n[nH]2)s1. The summed E-state index contributed by atoms with van der Waals surface area (Å²) in [7, 11) is 0. The molecule has 0 atom stereocenters. The van der Waals surface area contributed by atoms with E-state index < -0.39 is 0 Å². The van der Waals surface area contributed by atoms with Crippen molar-refractivity contribution in [2.24, 2.45) is 0 Å². The summed E-state index contributed by atoms with van der Waals surface area (Å²) in [6.45, 7) is 6.37. The van der Waals surface area contributed by atoms with Gasteiger partial charge in [0.15, 0.2) is 5.69 Å². The van der Waals surface area contributed by atoms with Gasteiger partial charge >= 0.3 is 0 Å². The van der Waals surface area contributed by atoms with Crippen LogP contribution in [0.15, 0.2) is 6.07 Å². The van der Waals surface area contributed by atoms with E-state index in [1.807, 2.05) is 13.8 Å². The molecule has 1 aliphatic heterocycles. The van der Waals surface area contributed by atoms with E-state index in [0.29, 0.717) is 32.0 Å². The predicted molar refractivity (Wildman–Crippen MR) is 75.9 cm³/mol. The van der Waals surface area contributed by atoms with Gasteiger partial charge in [-0.25, -0.2) is 4.98 Å². The van der Waals surface area contributed by atoms with Crippen LogP contribution in [-0.4, -0.2) is 52.3 Å². The van der Waals surface area contributed by atoms with Gasteiger partial charge in [0.25, 0.3) is 5.91 Å².